The average Bonchev–Trinajstić information content (AvgIpc) is 1.26. The summed E-state index contributed by atoms with van der Waals surface area (Å²) in [4.78, 5) is 15.8. The maximum atomic E-state index is 14.0. The van der Waals surface area contributed by atoms with Crippen molar-refractivity contribution in [2.45, 2.75) is 203 Å². The Labute approximate surface area is 692 Å². The Morgan fingerprint density at radius 3 is 1.25 bits per heavy atom. The zero-order chi connectivity index (χ0) is 83.3. The quantitative estimate of drug-likeness (QED) is 0.0465. The number of nitrogens with zero attached hydrogens (tertiary/aromatic N) is 9. The van der Waals surface area contributed by atoms with Crippen LogP contribution in [0.5, 0.6) is 0 Å². The van der Waals surface area contributed by atoms with Gasteiger partial charge in [0.2, 0.25) is 0 Å². The largest absolute Gasteiger partial charge is 0.395 e. The summed E-state index contributed by atoms with van der Waals surface area (Å²) in [7, 11) is 4.03. The summed E-state index contributed by atoms with van der Waals surface area (Å²) in [5, 5.41) is 35.6. The fraction of sp³-hybridized carbons (Fsp3) is 0.526. The highest BCUT2D eigenvalue weighted by Gasteiger charge is 2.25. The molecule has 5 fully saturated rings. The molecule has 628 valence electrons. The number of aliphatic hydroxyl groups is 1. The van der Waals surface area contributed by atoms with Crippen molar-refractivity contribution >= 4 is 34.7 Å². The highest BCUT2D eigenvalue weighted by molar-refractivity contribution is 5.70. The molecule has 1 aromatic heterocycles. The van der Waals surface area contributed by atoms with Crippen LogP contribution < -0.4 is 56.4 Å². The molecule has 6 aliphatic rings. The highest BCUT2D eigenvalue weighted by atomic mass is 19.1. The van der Waals surface area contributed by atoms with Crippen LogP contribution >= 0.6 is 0 Å². The van der Waals surface area contributed by atoms with Gasteiger partial charge in [0, 0.05) is 196 Å². The molecule has 0 amide bonds. The van der Waals surface area contributed by atoms with E-state index >= 15 is 0 Å². The Morgan fingerprint density at radius 1 is 0.443 bits per heavy atom. The van der Waals surface area contributed by atoms with E-state index in [1.807, 2.05) is 63.2 Å². The van der Waals surface area contributed by atoms with E-state index in [0.29, 0.717) is 78.2 Å². The smallest absolute Gasteiger partial charge is 0.149 e. The maximum absolute atomic E-state index is 14.0. The summed E-state index contributed by atoms with van der Waals surface area (Å²) in [6.07, 6.45) is 5.91. The van der Waals surface area contributed by atoms with Gasteiger partial charge in [-0.1, -0.05) is 182 Å². The maximum Gasteiger partial charge on any atom is 0.149 e. The van der Waals surface area contributed by atoms with Gasteiger partial charge in [0.05, 0.1) is 18.6 Å². The number of halogens is 2. The van der Waals surface area contributed by atoms with E-state index in [4.69, 9.17) is 0 Å². The van der Waals surface area contributed by atoms with Crippen molar-refractivity contribution in [3.63, 3.8) is 0 Å². The summed E-state index contributed by atoms with van der Waals surface area (Å²) in [6, 6.07) is 56.2. The lowest BCUT2D eigenvalue weighted by molar-refractivity contribution is 0.235. The van der Waals surface area contributed by atoms with E-state index < -0.39 is 11.6 Å². The Bertz CT molecular complexity index is 4060. The number of aryl methyl sites for hydroxylation is 1. The molecule has 5 saturated heterocycles. The van der Waals surface area contributed by atoms with Crippen molar-refractivity contribution in [2.24, 2.45) is 5.10 Å². The van der Waals surface area contributed by atoms with Gasteiger partial charge < -0.3 is 66.1 Å². The molecule has 8 aromatic rings. The van der Waals surface area contributed by atoms with E-state index in [2.05, 4.69) is 305 Å². The molecule has 6 aliphatic heterocycles. The van der Waals surface area contributed by atoms with Crippen molar-refractivity contribution in [2.75, 3.05) is 156 Å². The Hall–Kier alpha value is -8.20. The van der Waals surface area contributed by atoms with Crippen LogP contribution in [0.2, 0.25) is 0 Å². The number of anilines is 5. The minimum Gasteiger partial charge on any atom is -0.395 e. The number of rotatable bonds is 17. The number of likely N-dealkylation sites (N-methyl/N-ethyl adjacent to an activating group) is 1. The first-order chi connectivity index (χ1) is 55.1. The van der Waals surface area contributed by atoms with Gasteiger partial charge in [-0.2, -0.15) is 5.10 Å². The molecule has 5 unspecified atom stereocenters. The number of benzene rings is 7. The zero-order valence-electron chi connectivity index (χ0n) is 73.8. The van der Waals surface area contributed by atoms with Gasteiger partial charge >= 0.3 is 0 Å². The molecule has 18 heteroatoms. The number of hydrazone groups is 1. The van der Waals surface area contributed by atoms with Crippen molar-refractivity contribution < 1.29 is 13.9 Å². The Kier molecular flexibility index (Phi) is 37.5. The fourth-order valence-electron chi connectivity index (χ4n) is 15.2. The topological polar surface area (TPSA) is 142 Å². The molecule has 7 N–H and O–H groups in total. The highest BCUT2D eigenvalue weighted by Crippen LogP contribution is 2.31. The van der Waals surface area contributed by atoms with Gasteiger partial charge in [-0.15, -0.1) is 0 Å². The SMILES string of the molecule is CC(C)c1cc(F)c(N2CCNCC2)c(F)c1.CC(C)c1ccc(C2C=NN(C)C2)cc1.CC(C)c1ccc(N2CCNC(CO)C2)cc1.CC1CN(c2ccc(C(C)C)cc2)CC(C)N1.CC1CN(c2ccc(C(C)C)cc2)CCN1.CNCc1cc(C(C)C)ccc1N1CCNCC1.Cc1cn(-c2ccc(C(C)C)cc2)cn1. The number of aliphatic hydroxyl groups excluding tert-OH is 1. The second-order valence-electron chi connectivity index (χ2n) is 34.4. The van der Waals surface area contributed by atoms with Crippen LogP contribution in [0.15, 0.2) is 169 Å². The molecule has 0 bridgehead atoms. The summed E-state index contributed by atoms with van der Waals surface area (Å²) in [5.41, 5.74) is 19.6. The van der Waals surface area contributed by atoms with Crippen LogP contribution in [0.25, 0.3) is 5.69 Å². The average molecular weight is 1580 g/mol. The molecule has 0 radical (unpaired) electrons. The molecule has 14 rings (SSSR count). The molecule has 7 aromatic carbocycles. The van der Waals surface area contributed by atoms with Crippen LogP contribution in [0.4, 0.5) is 37.2 Å². The van der Waals surface area contributed by atoms with Crippen LogP contribution in [0.1, 0.15) is 221 Å². The van der Waals surface area contributed by atoms with Gasteiger partial charge in [0.25, 0.3) is 0 Å². The van der Waals surface area contributed by atoms with Crippen LogP contribution in [0, 0.1) is 18.6 Å². The van der Waals surface area contributed by atoms with Crippen LogP contribution in [-0.4, -0.2) is 182 Å². The van der Waals surface area contributed by atoms with Crippen molar-refractivity contribution in [3.8, 4) is 5.69 Å². The molecular weight excluding hydrogens is 1430 g/mol. The third-order valence-corrected chi connectivity index (χ3v) is 22.4. The number of nitrogens with one attached hydrogen (secondary N) is 6. The van der Waals surface area contributed by atoms with Crippen molar-refractivity contribution in [3.05, 3.63) is 232 Å². The lowest BCUT2D eigenvalue weighted by atomic mass is 9.96. The molecule has 0 aliphatic carbocycles. The number of piperazine rings is 5. The second-order valence-corrected chi connectivity index (χ2v) is 34.4. The molecule has 7 heterocycles. The summed E-state index contributed by atoms with van der Waals surface area (Å²) < 4.78 is 29.9. The molecule has 0 saturated carbocycles. The summed E-state index contributed by atoms with van der Waals surface area (Å²) in [5.74, 6) is 3.32. The van der Waals surface area contributed by atoms with Gasteiger partial charge in [-0.05, 0) is 193 Å². The van der Waals surface area contributed by atoms with E-state index in [0.717, 1.165) is 110 Å². The predicted molar refractivity (Wildman–Crippen MR) is 487 cm³/mol. The number of hydrogen-bond acceptors (Lipinski definition) is 15. The van der Waals surface area contributed by atoms with E-state index in [-0.39, 0.29) is 24.3 Å². The van der Waals surface area contributed by atoms with E-state index in [1.54, 1.807) is 4.90 Å². The van der Waals surface area contributed by atoms with Gasteiger partial charge in [-0.25, -0.2) is 13.8 Å². The van der Waals surface area contributed by atoms with E-state index in [1.165, 1.54) is 85.1 Å². The first kappa shape index (κ1) is 92.3. The first-order valence-electron chi connectivity index (χ1n) is 43.1. The fourth-order valence-corrected chi connectivity index (χ4v) is 15.2. The number of aromatic nitrogens is 2. The molecule has 0 spiro atoms. The van der Waals surface area contributed by atoms with Crippen LogP contribution in [-0.2, 0) is 6.54 Å². The Balaban J connectivity index is 0.000000168. The molecular formula is C97H145F2N15O. The first-order valence-corrected chi connectivity index (χ1v) is 43.1. The van der Waals surface area contributed by atoms with Gasteiger partial charge in [-0.3, -0.25) is 5.01 Å². The Morgan fingerprint density at radius 2 is 0.843 bits per heavy atom. The molecule has 5 atom stereocenters. The third-order valence-electron chi connectivity index (χ3n) is 22.4. The van der Waals surface area contributed by atoms with Gasteiger partial charge in [0.1, 0.15) is 17.3 Å². The monoisotopic (exact) mass is 1570 g/mol. The van der Waals surface area contributed by atoms with Gasteiger partial charge in [0.15, 0.2) is 0 Å². The standard InChI is InChI=1S/C15H25N3.C15H24N2.C14H22N2O.C14H22N2.C13H18F2N2.C13H18N2.C13H16N2/c1-12(2)13-4-5-15(14(10-13)11-16-3)18-8-6-17-7-9-18;1-11(2)14-5-7-15(8-6-14)17-9-12(3)16-13(4)10-17;1-11(2)12-3-5-14(6-4-12)16-8-7-15-13(9-16)10-17;1-11(2)13-4-6-14(7-5-13)16-9-8-15-12(3)10-16;1-9(2)10-7-11(14)13(12(15)8-10)17-5-3-16-4-6-17;1-10(2)11-4-6-12(7-5-11)13-8-14-15(3)9-13;1-10(2)12-4-6-13(7-5-12)15-8-11(3)14-9-15/h4-5,10,12,16-17H,6-9,11H2,1-3H3;5-8,11-13,16H,9-10H2,1-4H3;3-6,11,13,15,17H,7-10H2,1-2H3;4-7,11-12,15H,8-10H2,1-3H3;7-9,16H,3-6H2,1-2H3;4-8,10,13H,9H2,1-3H3;4-10H,1-3H3. The van der Waals surface area contributed by atoms with Crippen molar-refractivity contribution in [1.29, 1.82) is 0 Å². The lowest BCUT2D eigenvalue weighted by Crippen LogP contribution is -2.54. The lowest BCUT2D eigenvalue weighted by Gasteiger charge is -2.37. The predicted octanol–water partition coefficient (Wildman–Crippen LogP) is 17.8. The summed E-state index contributed by atoms with van der Waals surface area (Å²) in [6.45, 7) is 57.1. The molecule has 115 heavy (non-hydrogen) atoms. The minimum absolute atomic E-state index is 0.121. The van der Waals surface area contributed by atoms with Crippen LogP contribution in [0.3, 0.4) is 0 Å². The number of imidazole rings is 1. The minimum atomic E-state index is -0.449. The van der Waals surface area contributed by atoms with E-state index in [9.17, 15) is 13.9 Å². The normalized spacial score (nSPS) is 18.9. The second kappa shape index (κ2) is 46.7. The number of hydrogen-bond donors (Lipinski definition) is 7. The van der Waals surface area contributed by atoms with Crippen molar-refractivity contribution in [1.82, 2.24) is 46.5 Å². The third kappa shape index (κ3) is 29.1. The summed E-state index contributed by atoms with van der Waals surface area (Å²) >= 11 is 0. The molecule has 16 nitrogen and oxygen atoms in total. The zero-order valence-corrected chi connectivity index (χ0v) is 73.8.